The van der Waals surface area contributed by atoms with E-state index in [-0.39, 0.29) is 0 Å². The van der Waals surface area contributed by atoms with E-state index < -0.39 is 0 Å². The van der Waals surface area contributed by atoms with E-state index in [2.05, 4.69) is 58.1 Å². The molecule has 0 radical (unpaired) electrons. The summed E-state index contributed by atoms with van der Waals surface area (Å²) in [6.45, 7) is 4.51. The highest BCUT2D eigenvalue weighted by atomic mass is 16.5. The minimum Gasteiger partial charge on any atom is -0.494 e. The van der Waals surface area contributed by atoms with E-state index in [0.29, 0.717) is 0 Å². The van der Waals surface area contributed by atoms with Crippen molar-refractivity contribution in [1.29, 1.82) is 0 Å². The van der Waals surface area contributed by atoms with Crippen LogP contribution in [-0.2, 0) is 6.42 Å². The standard InChI is InChI=1S/C21H26N2O/c1-2-7-21-18(6-1)12-16-23(21)19-8-10-20(11-9-19)24-17-5-15-22-13-3-4-14-22/h2,7-12,16H,1,3-6,13-15,17H2. The number of benzene rings is 1. The number of ether oxygens (including phenoxy) is 1. The molecule has 1 aliphatic carbocycles. The molecule has 0 unspecified atom stereocenters. The molecule has 1 aromatic carbocycles. The van der Waals surface area contributed by atoms with Crippen LogP contribution in [0.2, 0.25) is 0 Å². The van der Waals surface area contributed by atoms with E-state index in [0.717, 1.165) is 31.6 Å². The first-order chi connectivity index (χ1) is 11.9. The van der Waals surface area contributed by atoms with Crippen molar-refractivity contribution in [2.24, 2.45) is 0 Å². The predicted molar refractivity (Wildman–Crippen MR) is 98.9 cm³/mol. The number of fused-ring (bicyclic) bond motifs is 1. The maximum Gasteiger partial charge on any atom is 0.119 e. The fourth-order valence-electron chi connectivity index (χ4n) is 3.73. The Balaban J connectivity index is 1.33. The van der Waals surface area contributed by atoms with Gasteiger partial charge in [-0.1, -0.05) is 6.08 Å². The number of hydrogen-bond acceptors (Lipinski definition) is 2. The Labute approximate surface area is 144 Å². The molecule has 0 N–H and O–H groups in total. The zero-order valence-corrected chi connectivity index (χ0v) is 14.3. The van der Waals surface area contributed by atoms with E-state index >= 15 is 0 Å². The number of likely N-dealkylation sites (tertiary alicyclic amines) is 1. The van der Waals surface area contributed by atoms with Gasteiger partial charge in [0.1, 0.15) is 5.75 Å². The second-order valence-corrected chi connectivity index (χ2v) is 6.78. The molecule has 126 valence electrons. The van der Waals surface area contributed by atoms with Crippen molar-refractivity contribution in [1.82, 2.24) is 9.47 Å². The average Bonchev–Trinajstić information content (AvgIpc) is 3.29. The third kappa shape index (κ3) is 3.41. The monoisotopic (exact) mass is 322 g/mol. The third-order valence-electron chi connectivity index (χ3n) is 5.07. The molecule has 24 heavy (non-hydrogen) atoms. The van der Waals surface area contributed by atoms with Crippen molar-refractivity contribution in [3.8, 4) is 11.4 Å². The van der Waals surface area contributed by atoms with Crippen LogP contribution in [0.25, 0.3) is 11.8 Å². The Morgan fingerprint density at radius 3 is 2.67 bits per heavy atom. The molecule has 2 heterocycles. The first-order valence-corrected chi connectivity index (χ1v) is 9.22. The number of aromatic nitrogens is 1. The van der Waals surface area contributed by atoms with Gasteiger partial charge in [0, 0.05) is 24.1 Å². The van der Waals surface area contributed by atoms with Crippen molar-refractivity contribution in [2.45, 2.75) is 32.1 Å². The van der Waals surface area contributed by atoms with E-state index in [1.807, 2.05) is 0 Å². The zero-order valence-electron chi connectivity index (χ0n) is 14.3. The SMILES string of the molecule is C1=Cc2c(ccn2-c2ccc(OCCCN3CCCC3)cc2)CC1. The molecule has 3 heteroatoms. The largest absolute Gasteiger partial charge is 0.494 e. The molecule has 3 nitrogen and oxygen atoms in total. The maximum absolute atomic E-state index is 5.90. The summed E-state index contributed by atoms with van der Waals surface area (Å²) in [5, 5.41) is 0. The van der Waals surface area contributed by atoms with Crippen molar-refractivity contribution in [3.63, 3.8) is 0 Å². The van der Waals surface area contributed by atoms with Gasteiger partial charge in [0.15, 0.2) is 0 Å². The van der Waals surface area contributed by atoms with E-state index in [9.17, 15) is 0 Å². The van der Waals surface area contributed by atoms with E-state index in [4.69, 9.17) is 4.74 Å². The van der Waals surface area contributed by atoms with Gasteiger partial charge in [0.05, 0.1) is 6.61 Å². The Morgan fingerprint density at radius 1 is 1.00 bits per heavy atom. The molecule has 0 saturated carbocycles. The predicted octanol–water partition coefficient (Wildman–Crippen LogP) is 4.30. The van der Waals surface area contributed by atoms with Gasteiger partial charge in [-0.25, -0.2) is 0 Å². The van der Waals surface area contributed by atoms with Crippen molar-refractivity contribution >= 4 is 6.08 Å². The van der Waals surface area contributed by atoms with Gasteiger partial charge in [-0.3, -0.25) is 0 Å². The molecule has 1 fully saturated rings. The van der Waals surface area contributed by atoms with Gasteiger partial charge in [-0.05, 0) is 87.2 Å². The third-order valence-corrected chi connectivity index (χ3v) is 5.07. The van der Waals surface area contributed by atoms with Crippen molar-refractivity contribution < 1.29 is 4.74 Å². The lowest BCUT2D eigenvalue weighted by Crippen LogP contribution is -2.21. The molecule has 1 saturated heterocycles. The first kappa shape index (κ1) is 15.5. The normalized spacial score (nSPS) is 17.2. The summed E-state index contributed by atoms with van der Waals surface area (Å²) in [4.78, 5) is 2.54. The van der Waals surface area contributed by atoms with Gasteiger partial charge < -0.3 is 14.2 Å². The number of aryl methyl sites for hydroxylation is 1. The van der Waals surface area contributed by atoms with Crippen LogP contribution in [0.3, 0.4) is 0 Å². The summed E-state index contributed by atoms with van der Waals surface area (Å²) in [7, 11) is 0. The minimum absolute atomic E-state index is 0.803. The van der Waals surface area contributed by atoms with Crippen LogP contribution in [0.4, 0.5) is 0 Å². The topological polar surface area (TPSA) is 17.4 Å². The Kier molecular flexibility index (Phi) is 4.70. The lowest BCUT2D eigenvalue weighted by atomic mass is 10.0. The Morgan fingerprint density at radius 2 is 1.83 bits per heavy atom. The molecule has 1 aliphatic heterocycles. The second-order valence-electron chi connectivity index (χ2n) is 6.78. The smallest absolute Gasteiger partial charge is 0.119 e. The summed E-state index contributed by atoms with van der Waals surface area (Å²) in [6.07, 6.45) is 12.8. The number of nitrogens with zero attached hydrogens (tertiary/aromatic N) is 2. The van der Waals surface area contributed by atoms with Crippen LogP contribution in [0.1, 0.15) is 36.9 Å². The van der Waals surface area contributed by atoms with Crippen LogP contribution >= 0.6 is 0 Å². The first-order valence-electron chi connectivity index (χ1n) is 9.22. The summed E-state index contributed by atoms with van der Waals surface area (Å²) in [5.41, 5.74) is 3.97. The van der Waals surface area contributed by atoms with Gasteiger partial charge in [-0.15, -0.1) is 0 Å². The molecule has 0 amide bonds. The average molecular weight is 322 g/mol. The summed E-state index contributed by atoms with van der Waals surface area (Å²) in [6, 6.07) is 10.7. The van der Waals surface area contributed by atoms with Crippen LogP contribution in [0.5, 0.6) is 5.75 Å². The minimum atomic E-state index is 0.803. The molecule has 0 atom stereocenters. The van der Waals surface area contributed by atoms with Crippen LogP contribution in [0, 0.1) is 0 Å². The Hall–Kier alpha value is -2.00. The summed E-state index contributed by atoms with van der Waals surface area (Å²) >= 11 is 0. The Bertz CT molecular complexity index is 693. The van der Waals surface area contributed by atoms with E-state index in [1.165, 1.54) is 49.4 Å². The maximum atomic E-state index is 5.90. The van der Waals surface area contributed by atoms with E-state index in [1.54, 1.807) is 0 Å². The van der Waals surface area contributed by atoms with Crippen LogP contribution in [0.15, 0.2) is 42.6 Å². The highest BCUT2D eigenvalue weighted by Crippen LogP contribution is 2.25. The number of rotatable bonds is 6. The molecule has 0 bridgehead atoms. The van der Waals surface area contributed by atoms with Crippen molar-refractivity contribution in [3.05, 3.63) is 53.9 Å². The summed E-state index contributed by atoms with van der Waals surface area (Å²) in [5.74, 6) is 0.969. The highest BCUT2D eigenvalue weighted by molar-refractivity contribution is 5.57. The molecule has 1 aromatic heterocycles. The highest BCUT2D eigenvalue weighted by Gasteiger charge is 2.11. The molecule has 2 aliphatic rings. The molecular weight excluding hydrogens is 296 g/mol. The van der Waals surface area contributed by atoms with Gasteiger partial charge in [-0.2, -0.15) is 0 Å². The summed E-state index contributed by atoms with van der Waals surface area (Å²) < 4.78 is 8.17. The fraction of sp³-hybridized carbons (Fsp3) is 0.429. The fourth-order valence-corrected chi connectivity index (χ4v) is 3.73. The lowest BCUT2D eigenvalue weighted by Gasteiger charge is -2.15. The molecule has 4 rings (SSSR count). The quantitative estimate of drug-likeness (QED) is 0.738. The van der Waals surface area contributed by atoms with Crippen LogP contribution in [-0.4, -0.2) is 35.7 Å². The van der Waals surface area contributed by atoms with Gasteiger partial charge in [0.25, 0.3) is 0 Å². The molecular formula is C21H26N2O. The molecule has 0 spiro atoms. The zero-order chi connectivity index (χ0) is 16.2. The van der Waals surface area contributed by atoms with Gasteiger partial charge in [0.2, 0.25) is 0 Å². The number of hydrogen-bond donors (Lipinski definition) is 0. The number of allylic oxidation sites excluding steroid dienone is 1. The van der Waals surface area contributed by atoms with Crippen LogP contribution < -0.4 is 4.74 Å². The second kappa shape index (κ2) is 7.27. The lowest BCUT2D eigenvalue weighted by molar-refractivity contribution is 0.263. The molecule has 2 aromatic rings. The van der Waals surface area contributed by atoms with Gasteiger partial charge >= 0.3 is 0 Å². The van der Waals surface area contributed by atoms with Crippen molar-refractivity contribution in [2.75, 3.05) is 26.2 Å².